The van der Waals surface area contributed by atoms with Crippen LogP contribution in [-0.4, -0.2) is 21.4 Å². The summed E-state index contributed by atoms with van der Waals surface area (Å²) < 4.78 is 13.8. The molecule has 1 amide bonds. The van der Waals surface area contributed by atoms with E-state index in [9.17, 15) is 9.18 Å². The van der Waals surface area contributed by atoms with Gasteiger partial charge in [-0.1, -0.05) is 19.9 Å². The Balaban J connectivity index is 2.21. The number of halogens is 1. The molecule has 1 aromatic heterocycles. The quantitative estimate of drug-likeness (QED) is 0.587. The fourth-order valence-corrected chi connectivity index (χ4v) is 3.34. The van der Waals surface area contributed by atoms with Crippen molar-refractivity contribution in [3.8, 4) is 22.3 Å². The summed E-state index contributed by atoms with van der Waals surface area (Å²) >= 11 is 0. The van der Waals surface area contributed by atoms with Gasteiger partial charge in [-0.25, -0.2) is 14.4 Å². The van der Waals surface area contributed by atoms with Gasteiger partial charge >= 0.3 is 0 Å². The lowest BCUT2D eigenvalue weighted by Crippen LogP contribution is -2.40. The average molecular weight is 406 g/mol. The first kappa shape index (κ1) is 21.6. The first-order valence-electron chi connectivity index (χ1n) is 10.1. The van der Waals surface area contributed by atoms with Gasteiger partial charge in [0, 0.05) is 22.9 Å². The van der Waals surface area contributed by atoms with Crippen molar-refractivity contribution >= 4 is 5.91 Å². The SMILES string of the molecule is Cc1cc(-c2cc(C(=O)NC(C)(C)C)cc(-c3cncnc3C(C)C)c2)ccc1F. The van der Waals surface area contributed by atoms with E-state index in [0.29, 0.717) is 11.1 Å². The zero-order chi connectivity index (χ0) is 22.1. The van der Waals surface area contributed by atoms with Crippen LogP contribution in [0.5, 0.6) is 0 Å². The highest BCUT2D eigenvalue weighted by Gasteiger charge is 2.19. The van der Waals surface area contributed by atoms with Gasteiger partial charge in [-0.15, -0.1) is 0 Å². The zero-order valence-electron chi connectivity index (χ0n) is 18.4. The second kappa shape index (κ2) is 8.34. The lowest BCUT2D eigenvalue weighted by atomic mass is 9.92. The lowest BCUT2D eigenvalue weighted by molar-refractivity contribution is 0.0919. The number of aryl methyl sites for hydroxylation is 1. The molecule has 4 nitrogen and oxygen atoms in total. The van der Waals surface area contributed by atoms with Crippen molar-refractivity contribution in [2.45, 2.75) is 53.0 Å². The van der Waals surface area contributed by atoms with Gasteiger partial charge in [-0.05, 0) is 86.2 Å². The van der Waals surface area contributed by atoms with E-state index in [4.69, 9.17) is 0 Å². The van der Waals surface area contributed by atoms with Crippen LogP contribution in [0.2, 0.25) is 0 Å². The molecule has 3 rings (SSSR count). The summed E-state index contributed by atoms with van der Waals surface area (Å²) in [5.41, 5.74) is 5.09. The summed E-state index contributed by atoms with van der Waals surface area (Å²) in [7, 11) is 0. The van der Waals surface area contributed by atoms with Crippen molar-refractivity contribution in [3.05, 3.63) is 71.6 Å². The van der Waals surface area contributed by atoms with Gasteiger partial charge in [-0.2, -0.15) is 0 Å². The molecule has 0 aliphatic rings. The van der Waals surface area contributed by atoms with Gasteiger partial charge in [0.15, 0.2) is 0 Å². The van der Waals surface area contributed by atoms with Crippen LogP contribution in [0.4, 0.5) is 4.39 Å². The van der Waals surface area contributed by atoms with Gasteiger partial charge in [0.2, 0.25) is 0 Å². The van der Waals surface area contributed by atoms with Crippen molar-refractivity contribution < 1.29 is 9.18 Å². The van der Waals surface area contributed by atoms with E-state index in [1.54, 1.807) is 31.6 Å². The molecule has 30 heavy (non-hydrogen) atoms. The van der Waals surface area contributed by atoms with Crippen LogP contribution in [0.25, 0.3) is 22.3 Å². The smallest absolute Gasteiger partial charge is 0.251 e. The fourth-order valence-electron chi connectivity index (χ4n) is 3.34. The van der Waals surface area contributed by atoms with E-state index in [1.165, 1.54) is 6.07 Å². The Kier molecular flexibility index (Phi) is 6.01. The molecule has 0 saturated carbocycles. The Morgan fingerprint density at radius 1 is 1.03 bits per heavy atom. The number of rotatable bonds is 4. The first-order valence-corrected chi connectivity index (χ1v) is 10.1. The summed E-state index contributed by atoms with van der Waals surface area (Å²) in [6.07, 6.45) is 3.32. The molecule has 1 N–H and O–H groups in total. The summed E-state index contributed by atoms with van der Waals surface area (Å²) in [6.45, 7) is 11.7. The van der Waals surface area contributed by atoms with Crippen molar-refractivity contribution in [1.29, 1.82) is 0 Å². The van der Waals surface area contributed by atoms with Crippen molar-refractivity contribution in [1.82, 2.24) is 15.3 Å². The molecule has 0 aliphatic heterocycles. The van der Waals surface area contributed by atoms with Gasteiger partial charge in [-0.3, -0.25) is 4.79 Å². The number of hydrogen-bond acceptors (Lipinski definition) is 3. The van der Waals surface area contributed by atoms with E-state index in [1.807, 2.05) is 39.0 Å². The minimum atomic E-state index is -0.362. The average Bonchev–Trinajstić information content (AvgIpc) is 2.68. The van der Waals surface area contributed by atoms with Crippen molar-refractivity contribution in [3.63, 3.8) is 0 Å². The van der Waals surface area contributed by atoms with E-state index >= 15 is 0 Å². The minimum absolute atomic E-state index is 0.160. The van der Waals surface area contributed by atoms with Crippen LogP contribution >= 0.6 is 0 Å². The van der Waals surface area contributed by atoms with Crippen LogP contribution in [0.15, 0.2) is 48.9 Å². The third-order valence-electron chi connectivity index (χ3n) is 4.78. The molecule has 0 unspecified atom stereocenters. The molecule has 1 heterocycles. The number of nitrogens with zero attached hydrogens (tertiary/aromatic N) is 2. The van der Waals surface area contributed by atoms with E-state index in [-0.39, 0.29) is 23.2 Å². The maximum Gasteiger partial charge on any atom is 0.251 e. The predicted molar refractivity (Wildman–Crippen MR) is 119 cm³/mol. The summed E-state index contributed by atoms with van der Waals surface area (Å²) in [5.74, 6) is -0.210. The van der Waals surface area contributed by atoms with Gasteiger partial charge < -0.3 is 5.32 Å². The molecule has 0 bridgehead atoms. The van der Waals surface area contributed by atoms with Crippen LogP contribution in [-0.2, 0) is 0 Å². The summed E-state index contributed by atoms with van der Waals surface area (Å²) in [4.78, 5) is 21.6. The number of hydrogen-bond donors (Lipinski definition) is 1. The topological polar surface area (TPSA) is 54.9 Å². The molecule has 5 heteroatoms. The minimum Gasteiger partial charge on any atom is -0.347 e. The Morgan fingerprint density at radius 2 is 1.73 bits per heavy atom. The Hall–Kier alpha value is -3.08. The highest BCUT2D eigenvalue weighted by atomic mass is 19.1. The normalized spacial score (nSPS) is 11.6. The molecule has 3 aromatic rings. The van der Waals surface area contributed by atoms with E-state index in [2.05, 4.69) is 29.1 Å². The highest BCUT2D eigenvalue weighted by Crippen LogP contribution is 2.32. The van der Waals surface area contributed by atoms with Crippen LogP contribution in [0.3, 0.4) is 0 Å². The Labute approximate surface area is 177 Å². The molecule has 0 spiro atoms. The second-order valence-corrected chi connectivity index (χ2v) is 8.94. The molecule has 2 aromatic carbocycles. The van der Waals surface area contributed by atoms with Crippen molar-refractivity contribution in [2.75, 3.05) is 0 Å². The molecule has 0 radical (unpaired) electrons. The lowest BCUT2D eigenvalue weighted by Gasteiger charge is -2.21. The molecule has 0 fully saturated rings. The number of carbonyl (C=O) groups is 1. The largest absolute Gasteiger partial charge is 0.347 e. The van der Waals surface area contributed by atoms with Crippen LogP contribution in [0.1, 0.15) is 62.2 Å². The third-order valence-corrected chi connectivity index (χ3v) is 4.78. The number of carbonyl (C=O) groups excluding carboxylic acids is 1. The van der Waals surface area contributed by atoms with Crippen molar-refractivity contribution in [2.24, 2.45) is 0 Å². The van der Waals surface area contributed by atoms with Crippen LogP contribution in [0, 0.1) is 12.7 Å². The van der Waals surface area contributed by atoms with Gasteiger partial charge in [0.05, 0.1) is 5.69 Å². The predicted octanol–water partition coefficient (Wildman–Crippen LogP) is 5.91. The molecule has 0 aliphatic carbocycles. The molecule has 0 atom stereocenters. The maximum absolute atomic E-state index is 13.8. The summed E-state index contributed by atoms with van der Waals surface area (Å²) in [5, 5.41) is 3.02. The Bertz CT molecular complexity index is 1080. The van der Waals surface area contributed by atoms with Gasteiger partial charge in [0.25, 0.3) is 5.91 Å². The fraction of sp³-hybridized carbons (Fsp3) is 0.320. The van der Waals surface area contributed by atoms with E-state index < -0.39 is 0 Å². The standard InChI is InChI=1S/C25H28FN3O/c1-15(2)23-21(13-27-14-28-23)19-10-18(17-7-8-22(26)16(3)9-17)11-20(12-19)24(30)29-25(4,5)6/h7-15H,1-6H3,(H,29,30). The maximum atomic E-state index is 13.8. The number of benzene rings is 2. The zero-order valence-corrected chi connectivity index (χ0v) is 18.4. The summed E-state index contributed by atoms with van der Waals surface area (Å²) in [6, 6.07) is 10.7. The molecule has 0 saturated heterocycles. The number of aromatic nitrogens is 2. The first-order chi connectivity index (χ1) is 14.0. The second-order valence-electron chi connectivity index (χ2n) is 8.94. The van der Waals surface area contributed by atoms with Crippen LogP contribution < -0.4 is 5.32 Å². The number of amides is 1. The Morgan fingerprint density at radius 3 is 2.37 bits per heavy atom. The molecular formula is C25H28FN3O. The molecular weight excluding hydrogens is 377 g/mol. The highest BCUT2D eigenvalue weighted by molar-refractivity contribution is 5.97. The molecule has 156 valence electrons. The van der Waals surface area contributed by atoms with E-state index in [0.717, 1.165) is 27.9 Å². The van der Waals surface area contributed by atoms with Gasteiger partial charge in [0.1, 0.15) is 12.1 Å². The monoisotopic (exact) mass is 405 g/mol. The number of nitrogens with one attached hydrogen (secondary N) is 1. The third kappa shape index (κ3) is 4.90.